The van der Waals surface area contributed by atoms with E-state index in [-0.39, 0.29) is 0 Å². The summed E-state index contributed by atoms with van der Waals surface area (Å²) in [5, 5.41) is 2.32. The van der Waals surface area contributed by atoms with Gasteiger partial charge in [0.25, 0.3) is 0 Å². The average Bonchev–Trinajstić information content (AvgIpc) is 2.35. The monoisotopic (exact) mass is 210 g/mol. The van der Waals surface area contributed by atoms with Crippen LogP contribution in [0.15, 0.2) is 33.5 Å². The van der Waals surface area contributed by atoms with Gasteiger partial charge in [-0.1, -0.05) is 12.1 Å². The van der Waals surface area contributed by atoms with Gasteiger partial charge in [-0.3, -0.25) is 0 Å². The van der Waals surface area contributed by atoms with Crippen molar-refractivity contribution in [2.75, 3.05) is 0 Å². The van der Waals surface area contributed by atoms with Gasteiger partial charge in [0.05, 0.1) is 0 Å². The van der Waals surface area contributed by atoms with Crippen LogP contribution < -0.4 is 0 Å². The summed E-state index contributed by atoms with van der Waals surface area (Å²) >= 11 is 3.33. The first kappa shape index (κ1) is 6.92. The zero-order valence-electron chi connectivity index (χ0n) is 6.10. The lowest BCUT2D eigenvalue weighted by Crippen LogP contribution is -1.70. The van der Waals surface area contributed by atoms with E-state index in [1.165, 1.54) is 10.9 Å². The molecule has 0 fully saturated rings. The van der Waals surface area contributed by atoms with Gasteiger partial charge in [-0.05, 0) is 34.5 Å². The Hall–Kier alpha value is -0.760. The molecule has 0 radical (unpaired) electrons. The first-order valence-electron chi connectivity index (χ1n) is 3.41. The highest BCUT2D eigenvalue weighted by Gasteiger charge is 2.02. The molecule has 0 amide bonds. The second-order valence-corrected chi connectivity index (χ2v) is 3.27. The summed E-state index contributed by atoms with van der Waals surface area (Å²) in [6, 6.07) is 6.14. The molecule has 2 aromatic rings. The highest BCUT2D eigenvalue weighted by Crippen LogP contribution is 2.27. The molecule has 0 aliphatic rings. The summed E-state index contributed by atoms with van der Waals surface area (Å²) in [6.07, 6.45) is 1.77. The Kier molecular flexibility index (Phi) is 1.50. The smallest absolute Gasteiger partial charge is 0.176 e. The number of benzene rings is 1. The van der Waals surface area contributed by atoms with Crippen molar-refractivity contribution in [2.45, 2.75) is 6.92 Å². The Labute approximate surface area is 73.1 Å². The minimum absolute atomic E-state index is 0.816. The topological polar surface area (TPSA) is 13.1 Å². The predicted octanol–water partition coefficient (Wildman–Crippen LogP) is 3.50. The van der Waals surface area contributed by atoms with Crippen LogP contribution in [0.3, 0.4) is 0 Å². The molecule has 1 aromatic carbocycles. The third-order valence-corrected chi connectivity index (χ3v) is 2.43. The average molecular weight is 211 g/mol. The molecular weight excluding hydrogens is 204 g/mol. The maximum atomic E-state index is 5.21. The predicted molar refractivity (Wildman–Crippen MR) is 48.7 cm³/mol. The molecule has 2 rings (SSSR count). The molecule has 0 aliphatic carbocycles. The fourth-order valence-electron chi connectivity index (χ4n) is 1.18. The van der Waals surface area contributed by atoms with E-state index in [2.05, 4.69) is 28.9 Å². The van der Waals surface area contributed by atoms with Crippen molar-refractivity contribution >= 4 is 26.7 Å². The van der Waals surface area contributed by atoms with Gasteiger partial charge >= 0.3 is 0 Å². The fourth-order valence-corrected chi connectivity index (χ4v) is 1.62. The highest BCUT2D eigenvalue weighted by molar-refractivity contribution is 9.10. The van der Waals surface area contributed by atoms with Crippen molar-refractivity contribution in [2.24, 2.45) is 0 Å². The summed E-state index contributed by atoms with van der Waals surface area (Å²) in [5.74, 6) is 0. The largest absolute Gasteiger partial charge is 0.456 e. The molecule has 0 atom stereocenters. The first-order valence-corrected chi connectivity index (χ1v) is 4.20. The van der Waals surface area contributed by atoms with E-state index in [9.17, 15) is 0 Å². The molecule has 0 unspecified atom stereocenters. The maximum absolute atomic E-state index is 5.21. The highest BCUT2D eigenvalue weighted by atomic mass is 79.9. The van der Waals surface area contributed by atoms with E-state index in [0.717, 1.165) is 10.1 Å². The molecule has 0 saturated carbocycles. The molecule has 2 heteroatoms. The van der Waals surface area contributed by atoms with Crippen molar-refractivity contribution in [3.05, 3.63) is 34.7 Å². The summed E-state index contributed by atoms with van der Waals surface area (Å²) in [5.41, 5.74) is 1.25. The van der Waals surface area contributed by atoms with Crippen LogP contribution in [0.4, 0.5) is 0 Å². The van der Waals surface area contributed by atoms with Gasteiger partial charge in [0.2, 0.25) is 0 Å². The number of hydrogen-bond acceptors (Lipinski definition) is 1. The summed E-state index contributed by atoms with van der Waals surface area (Å²) < 4.78 is 6.03. The molecular formula is C9H7BrO. The number of fused-ring (bicyclic) bond motifs is 1. The Morgan fingerprint density at radius 3 is 2.82 bits per heavy atom. The molecule has 0 bridgehead atoms. The number of halogens is 1. The molecule has 1 nitrogen and oxygen atoms in total. The summed E-state index contributed by atoms with van der Waals surface area (Å²) in [6.45, 7) is 2.07. The lowest BCUT2D eigenvalue weighted by molar-refractivity contribution is 0.546. The van der Waals surface area contributed by atoms with Gasteiger partial charge in [-0.15, -0.1) is 0 Å². The Morgan fingerprint density at radius 2 is 2.09 bits per heavy atom. The van der Waals surface area contributed by atoms with Crippen LogP contribution in [0, 0.1) is 6.92 Å². The minimum atomic E-state index is 0.816. The molecule has 0 saturated heterocycles. The standard InChI is InChI=1S/C9H7BrO/c1-6-3-2-4-7-8(6)5-11-9(7)10/h2-5H,1H3. The lowest BCUT2D eigenvalue weighted by atomic mass is 10.1. The molecule has 0 N–H and O–H groups in total. The van der Waals surface area contributed by atoms with E-state index < -0.39 is 0 Å². The SMILES string of the molecule is Cc1cccc2c(Br)occ12. The maximum Gasteiger partial charge on any atom is 0.176 e. The number of furan rings is 1. The van der Waals surface area contributed by atoms with Crippen molar-refractivity contribution in [3.8, 4) is 0 Å². The van der Waals surface area contributed by atoms with Gasteiger partial charge < -0.3 is 4.42 Å². The number of aryl methyl sites for hydroxylation is 1. The second-order valence-electron chi connectivity index (χ2n) is 2.55. The first-order chi connectivity index (χ1) is 5.29. The van der Waals surface area contributed by atoms with Crippen LogP contribution in [-0.2, 0) is 0 Å². The van der Waals surface area contributed by atoms with E-state index in [1.54, 1.807) is 6.26 Å². The van der Waals surface area contributed by atoms with Crippen LogP contribution in [-0.4, -0.2) is 0 Å². The Bertz CT molecular complexity index is 389. The van der Waals surface area contributed by atoms with E-state index in [0.29, 0.717) is 0 Å². The molecule has 56 valence electrons. The fraction of sp³-hybridized carbons (Fsp3) is 0.111. The van der Waals surface area contributed by atoms with E-state index in [1.807, 2.05) is 12.1 Å². The molecule has 1 heterocycles. The van der Waals surface area contributed by atoms with Gasteiger partial charge in [-0.25, -0.2) is 0 Å². The zero-order valence-corrected chi connectivity index (χ0v) is 7.68. The molecule has 0 spiro atoms. The Morgan fingerprint density at radius 1 is 1.27 bits per heavy atom. The number of hydrogen-bond donors (Lipinski definition) is 0. The van der Waals surface area contributed by atoms with Crippen LogP contribution in [0.5, 0.6) is 0 Å². The quantitative estimate of drug-likeness (QED) is 0.649. The van der Waals surface area contributed by atoms with Crippen LogP contribution in [0.2, 0.25) is 0 Å². The van der Waals surface area contributed by atoms with Gasteiger partial charge in [0.1, 0.15) is 6.26 Å². The van der Waals surface area contributed by atoms with Gasteiger partial charge in [0, 0.05) is 10.8 Å². The van der Waals surface area contributed by atoms with Crippen LogP contribution in [0.1, 0.15) is 5.56 Å². The molecule has 0 aliphatic heterocycles. The van der Waals surface area contributed by atoms with E-state index in [4.69, 9.17) is 4.42 Å². The normalized spacial score (nSPS) is 10.7. The Balaban J connectivity index is 2.94. The van der Waals surface area contributed by atoms with Crippen molar-refractivity contribution < 1.29 is 4.42 Å². The third-order valence-electron chi connectivity index (χ3n) is 1.82. The third kappa shape index (κ3) is 0.979. The van der Waals surface area contributed by atoms with Gasteiger partial charge in [-0.2, -0.15) is 0 Å². The van der Waals surface area contributed by atoms with Gasteiger partial charge in [0.15, 0.2) is 4.67 Å². The summed E-state index contributed by atoms with van der Waals surface area (Å²) in [7, 11) is 0. The molecule has 11 heavy (non-hydrogen) atoms. The van der Waals surface area contributed by atoms with Crippen molar-refractivity contribution in [1.82, 2.24) is 0 Å². The second kappa shape index (κ2) is 2.38. The van der Waals surface area contributed by atoms with E-state index >= 15 is 0 Å². The summed E-state index contributed by atoms with van der Waals surface area (Å²) in [4.78, 5) is 0. The van der Waals surface area contributed by atoms with Crippen molar-refractivity contribution in [1.29, 1.82) is 0 Å². The molecule has 1 aromatic heterocycles. The zero-order chi connectivity index (χ0) is 7.84. The van der Waals surface area contributed by atoms with Crippen LogP contribution >= 0.6 is 15.9 Å². The van der Waals surface area contributed by atoms with Crippen molar-refractivity contribution in [3.63, 3.8) is 0 Å². The number of rotatable bonds is 0. The van der Waals surface area contributed by atoms with Crippen LogP contribution in [0.25, 0.3) is 10.8 Å². The lowest BCUT2D eigenvalue weighted by Gasteiger charge is -1.91. The minimum Gasteiger partial charge on any atom is -0.456 e.